The van der Waals surface area contributed by atoms with Gasteiger partial charge < -0.3 is 4.57 Å². The molecule has 0 saturated carbocycles. The molecule has 60 heavy (non-hydrogen) atoms. The van der Waals surface area contributed by atoms with E-state index in [1.807, 2.05) is 12.3 Å². The van der Waals surface area contributed by atoms with Crippen LogP contribution in [0.15, 0.2) is 200 Å². The van der Waals surface area contributed by atoms with E-state index in [1.165, 1.54) is 55.0 Å². The Kier molecular flexibility index (Phi) is 8.35. The van der Waals surface area contributed by atoms with Crippen molar-refractivity contribution >= 4 is 43.6 Å². The van der Waals surface area contributed by atoms with Crippen LogP contribution in [-0.2, 0) is 5.41 Å². The number of benzene rings is 8. The lowest BCUT2D eigenvalue weighted by atomic mass is 9.86. The van der Waals surface area contributed by atoms with Gasteiger partial charge >= 0.3 is 0 Å². The van der Waals surface area contributed by atoms with Crippen LogP contribution >= 0.6 is 0 Å². The number of hydrogen-bond acceptors (Lipinski definition) is 2. The number of rotatable bonds is 6. The van der Waals surface area contributed by atoms with Gasteiger partial charge in [-0.2, -0.15) is 0 Å². The summed E-state index contributed by atoms with van der Waals surface area (Å²) < 4.78 is 4.61. The second-order valence-electron chi connectivity index (χ2n) is 16.7. The maximum absolute atomic E-state index is 5.22. The number of para-hydroxylation sites is 2. The van der Waals surface area contributed by atoms with Gasteiger partial charge in [0.15, 0.2) is 0 Å². The predicted octanol–water partition coefficient (Wildman–Crippen LogP) is 14.6. The zero-order chi connectivity index (χ0) is 40.4. The van der Waals surface area contributed by atoms with E-state index in [4.69, 9.17) is 9.97 Å². The molecule has 8 aromatic carbocycles. The van der Waals surface area contributed by atoms with Crippen molar-refractivity contribution in [1.82, 2.24) is 19.1 Å². The van der Waals surface area contributed by atoms with Crippen LogP contribution in [0.2, 0.25) is 0 Å². The minimum atomic E-state index is 0.0535. The summed E-state index contributed by atoms with van der Waals surface area (Å²) in [5.41, 5.74) is 16.1. The van der Waals surface area contributed by atoms with Gasteiger partial charge in [0.05, 0.1) is 27.8 Å². The SMILES string of the molecule is CC(C)(C)c1ccc2c(c1)c1ccc(-c3ccc4c(c3)c3ccccc3n4-c3nccc(-c4cccc(-c5ccc(-c6ccccc6)cc5)c4)n3)cc1n2-c1ccccc1. The minimum absolute atomic E-state index is 0.0535. The largest absolute Gasteiger partial charge is 0.309 e. The standard InChI is InChI=1S/C56H42N4/c1-56(2,3)44-27-30-52-49(36-44)47-28-25-42(35-54(47)59(52)45-17-8-5-9-18-45)41-26-29-53-48(34-41)46-19-10-11-20-51(46)60(53)55-57-32-31-50(58-55)43-16-12-15-40(33-43)39-23-21-38(22-24-39)37-13-6-4-7-14-37/h4-36H,1-3H3. The maximum atomic E-state index is 5.22. The Morgan fingerprint density at radius 1 is 0.367 bits per heavy atom. The molecule has 3 heterocycles. The highest BCUT2D eigenvalue weighted by Crippen LogP contribution is 2.39. The smallest absolute Gasteiger partial charge is 0.235 e. The van der Waals surface area contributed by atoms with E-state index >= 15 is 0 Å². The Morgan fingerprint density at radius 3 is 1.72 bits per heavy atom. The van der Waals surface area contributed by atoms with E-state index in [0.717, 1.165) is 44.5 Å². The predicted molar refractivity (Wildman–Crippen MR) is 251 cm³/mol. The van der Waals surface area contributed by atoms with Gasteiger partial charge in [0.1, 0.15) is 0 Å². The molecule has 0 radical (unpaired) electrons. The first kappa shape index (κ1) is 35.6. The highest BCUT2D eigenvalue weighted by atomic mass is 15.2. The molecule has 3 aromatic heterocycles. The summed E-state index contributed by atoms with van der Waals surface area (Å²) in [4.78, 5) is 10.1. The summed E-state index contributed by atoms with van der Waals surface area (Å²) in [5.74, 6) is 0.646. The molecular formula is C56H42N4. The zero-order valence-electron chi connectivity index (χ0n) is 33.8. The number of nitrogens with zero attached hydrogens (tertiary/aromatic N) is 4. The van der Waals surface area contributed by atoms with Crippen molar-refractivity contribution in [2.24, 2.45) is 0 Å². The third-order valence-corrected chi connectivity index (χ3v) is 12.0. The van der Waals surface area contributed by atoms with Gasteiger partial charge in [-0.3, -0.25) is 4.57 Å². The van der Waals surface area contributed by atoms with Crippen molar-refractivity contribution in [3.8, 4) is 56.3 Å². The summed E-state index contributed by atoms with van der Waals surface area (Å²) >= 11 is 0. The topological polar surface area (TPSA) is 35.6 Å². The van der Waals surface area contributed by atoms with E-state index < -0.39 is 0 Å². The molecule has 0 aliphatic carbocycles. The summed E-state index contributed by atoms with van der Waals surface area (Å²) in [6, 6.07) is 69.9. The third-order valence-electron chi connectivity index (χ3n) is 12.0. The fourth-order valence-corrected chi connectivity index (χ4v) is 8.85. The van der Waals surface area contributed by atoms with Gasteiger partial charge in [-0.05, 0) is 105 Å². The monoisotopic (exact) mass is 770 g/mol. The van der Waals surface area contributed by atoms with Crippen LogP contribution in [0.3, 0.4) is 0 Å². The fraction of sp³-hybridized carbons (Fsp3) is 0.0714. The molecule has 0 fully saturated rings. The number of fused-ring (bicyclic) bond motifs is 6. The minimum Gasteiger partial charge on any atom is -0.309 e. The van der Waals surface area contributed by atoms with E-state index in [2.05, 4.69) is 218 Å². The van der Waals surface area contributed by atoms with E-state index in [9.17, 15) is 0 Å². The summed E-state index contributed by atoms with van der Waals surface area (Å²) in [5, 5.41) is 4.86. The van der Waals surface area contributed by atoms with E-state index in [0.29, 0.717) is 5.95 Å². The Morgan fingerprint density at radius 2 is 0.917 bits per heavy atom. The van der Waals surface area contributed by atoms with Gasteiger partial charge in [0.2, 0.25) is 5.95 Å². The van der Waals surface area contributed by atoms with Crippen molar-refractivity contribution in [3.63, 3.8) is 0 Å². The normalized spacial score (nSPS) is 11.9. The quantitative estimate of drug-likeness (QED) is 0.169. The van der Waals surface area contributed by atoms with Gasteiger partial charge in [-0.25, -0.2) is 9.97 Å². The van der Waals surface area contributed by atoms with Crippen molar-refractivity contribution in [3.05, 3.63) is 206 Å². The molecule has 4 nitrogen and oxygen atoms in total. The molecule has 0 bridgehead atoms. The third kappa shape index (κ3) is 6.08. The highest BCUT2D eigenvalue weighted by Gasteiger charge is 2.20. The average Bonchev–Trinajstić information content (AvgIpc) is 3.81. The van der Waals surface area contributed by atoms with Crippen molar-refractivity contribution in [1.29, 1.82) is 0 Å². The lowest BCUT2D eigenvalue weighted by Crippen LogP contribution is -2.10. The molecule has 0 N–H and O–H groups in total. The molecule has 0 saturated heterocycles. The number of hydrogen-bond donors (Lipinski definition) is 0. The summed E-state index contributed by atoms with van der Waals surface area (Å²) in [7, 11) is 0. The lowest BCUT2D eigenvalue weighted by Gasteiger charge is -2.19. The second kappa shape index (κ2) is 14.1. The van der Waals surface area contributed by atoms with Gasteiger partial charge in [0, 0.05) is 39.0 Å². The summed E-state index contributed by atoms with van der Waals surface area (Å²) in [6.07, 6.45) is 1.87. The van der Waals surface area contributed by atoms with Crippen LogP contribution in [0.1, 0.15) is 26.3 Å². The van der Waals surface area contributed by atoms with Crippen LogP contribution in [0.25, 0.3) is 99.9 Å². The lowest BCUT2D eigenvalue weighted by molar-refractivity contribution is 0.591. The van der Waals surface area contributed by atoms with E-state index in [-0.39, 0.29) is 5.41 Å². The fourth-order valence-electron chi connectivity index (χ4n) is 8.85. The zero-order valence-corrected chi connectivity index (χ0v) is 33.8. The maximum Gasteiger partial charge on any atom is 0.235 e. The molecule has 0 spiro atoms. The Balaban J connectivity index is 0.995. The number of aromatic nitrogens is 4. The first-order chi connectivity index (χ1) is 29.4. The Bertz CT molecular complexity index is 3390. The van der Waals surface area contributed by atoms with Crippen LogP contribution in [0.4, 0.5) is 0 Å². The molecule has 0 amide bonds. The van der Waals surface area contributed by atoms with Gasteiger partial charge in [0.25, 0.3) is 0 Å². The van der Waals surface area contributed by atoms with Crippen molar-refractivity contribution in [2.75, 3.05) is 0 Å². The molecule has 11 rings (SSSR count). The first-order valence-corrected chi connectivity index (χ1v) is 20.6. The first-order valence-electron chi connectivity index (χ1n) is 20.6. The van der Waals surface area contributed by atoms with Crippen molar-refractivity contribution < 1.29 is 0 Å². The average molecular weight is 771 g/mol. The second-order valence-corrected chi connectivity index (χ2v) is 16.7. The van der Waals surface area contributed by atoms with Crippen molar-refractivity contribution in [2.45, 2.75) is 26.2 Å². The molecule has 0 atom stereocenters. The summed E-state index contributed by atoms with van der Waals surface area (Å²) in [6.45, 7) is 6.85. The molecule has 0 aliphatic rings. The van der Waals surface area contributed by atoms with Crippen LogP contribution in [0.5, 0.6) is 0 Å². The molecule has 0 unspecified atom stereocenters. The molecule has 11 aromatic rings. The Hall–Kier alpha value is -7.56. The highest BCUT2D eigenvalue weighted by molar-refractivity contribution is 6.12. The van der Waals surface area contributed by atoms with Gasteiger partial charge in [-0.1, -0.05) is 154 Å². The molecular weight excluding hydrogens is 729 g/mol. The van der Waals surface area contributed by atoms with Crippen LogP contribution in [-0.4, -0.2) is 19.1 Å². The van der Waals surface area contributed by atoms with Gasteiger partial charge in [-0.15, -0.1) is 0 Å². The molecule has 286 valence electrons. The molecule has 0 aliphatic heterocycles. The van der Waals surface area contributed by atoms with Crippen LogP contribution < -0.4 is 0 Å². The Labute approximate surface area is 349 Å². The van der Waals surface area contributed by atoms with E-state index in [1.54, 1.807) is 0 Å². The van der Waals surface area contributed by atoms with Crippen LogP contribution in [0, 0.1) is 0 Å². The molecule has 4 heteroatoms.